The molecule has 0 aromatic carbocycles. The first-order valence-electron chi connectivity index (χ1n) is 3.80. The SMILES string of the molecule is ON1C=CC=C2C=CC=CC=C21. The number of rotatable bonds is 0. The topological polar surface area (TPSA) is 23.5 Å². The fourth-order valence-electron chi connectivity index (χ4n) is 1.21. The van der Waals surface area contributed by atoms with Crippen molar-refractivity contribution in [2.75, 3.05) is 0 Å². The second-order valence-electron chi connectivity index (χ2n) is 2.60. The van der Waals surface area contributed by atoms with Crippen LogP contribution in [-0.4, -0.2) is 10.3 Å². The summed E-state index contributed by atoms with van der Waals surface area (Å²) >= 11 is 0. The molecule has 60 valence electrons. The molecule has 0 amide bonds. The Labute approximate surface area is 71.1 Å². The van der Waals surface area contributed by atoms with E-state index in [0.717, 1.165) is 16.3 Å². The van der Waals surface area contributed by atoms with Crippen LogP contribution in [0.3, 0.4) is 0 Å². The van der Waals surface area contributed by atoms with E-state index in [0.29, 0.717) is 0 Å². The van der Waals surface area contributed by atoms with Crippen LogP contribution in [0.5, 0.6) is 0 Å². The van der Waals surface area contributed by atoms with Gasteiger partial charge in [-0.1, -0.05) is 30.4 Å². The predicted octanol–water partition coefficient (Wildman–Crippen LogP) is 2.14. The Morgan fingerprint density at radius 3 is 2.83 bits per heavy atom. The van der Waals surface area contributed by atoms with Crippen molar-refractivity contribution < 1.29 is 5.21 Å². The van der Waals surface area contributed by atoms with Crippen molar-refractivity contribution in [1.29, 1.82) is 0 Å². The highest BCUT2D eigenvalue weighted by Crippen LogP contribution is 2.21. The summed E-state index contributed by atoms with van der Waals surface area (Å²) in [5.41, 5.74) is 1.83. The first kappa shape index (κ1) is 7.13. The van der Waals surface area contributed by atoms with Crippen LogP contribution in [-0.2, 0) is 0 Å². The Bertz CT molecular complexity index is 332. The minimum Gasteiger partial charge on any atom is -0.284 e. The van der Waals surface area contributed by atoms with Crippen LogP contribution in [0.15, 0.2) is 60.0 Å². The molecule has 0 radical (unpaired) electrons. The van der Waals surface area contributed by atoms with Crippen molar-refractivity contribution in [3.05, 3.63) is 60.0 Å². The second kappa shape index (κ2) is 2.83. The second-order valence-corrected chi connectivity index (χ2v) is 2.60. The van der Waals surface area contributed by atoms with Gasteiger partial charge in [0.15, 0.2) is 0 Å². The third-order valence-electron chi connectivity index (χ3n) is 1.80. The molecule has 1 aliphatic heterocycles. The molecule has 1 N–H and O–H groups in total. The van der Waals surface area contributed by atoms with Gasteiger partial charge in [-0.25, -0.2) is 5.06 Å². The van der Waals surface area contributed by atoms with Crippen LogP contribution >= 0.6 is 0 Å². The molecule has 0 aromatic heterocycles. The number of hydroxylamine groups is 2. The van der Waals surface area contributed by atoms with Crippen molar-refractivity contribution in [3.8, 4) is 0 Å². The molecule has 1 heterocycles. The van der Waals surface area contributed by atoms with Crippen molar-refractivity contribution >= 4 is 0 Å². The van der Waals surface area contributed by atoms with Crippen molar-refractivity contribution in [2.45, 2.75) is 0 Å². The first-order valence-corrected chi connectivity index (χ1v) is 3.80. The monoisotopic (exact) mass is 159 g/mol. The van der Waals surface area contributed by atoms with E-state index in [-0.39, 0.29) is 0 Å². The number of fused-ring (bicyclic) bond motifs is 1. The van der Waals surface area contributed by atoms with E-state index in [2.05, 4.69) is 0 Å². The highest BCUT2D eigenvalue weighted by Gasteiger charge is 2.10. The van der Waals surface area contributed by atoms with E-state index in [1.807, 2.05) is 42.5 Å². The molecule has 0 aromatic rings. The molecule has 2 rings (SSSR count). The largest absolute Gasteiger partial charge is 0.284 e. The van der Waals surface area contributed by atoms with Gasteiger partial charge in [0.25, 0.3) is 0 Å². The maximum Gasteiger partial charge on any atom is 0.0758 e. The molecule has 0 bridgehead atoms. The molecule has 1 aliphatic carbocycles. The lowest BCUT2D eigenvalue weighted by Gasteiger charge is -2.19. The molecular formula is C10H9NO. The van der Waals surface area contributed by atoms with E-state index in [4.69, 9.17) is 0 Å². The summed E-state index contributed by atoms with van der Waals surface area (Å²) in [6.45, 7) is 0. The summed E-state index contributed by atoms with van der Waals surface area (Å²) in [5.74, 6) is 0. The van der Waals surface area contributed by atoms with Gasteiger partial charge in [0.2, 0.25) is 0 Å². The number of hydrogen-bond donors (Lipinski definition) is 1. The fourth-order valence-corrected chi connectivity index (χ4v) is 1.21. The van der Waals surface area contributed by atoms with Crippen LogP contribution in [0.4, 0.5) is 0 Å². The zero-order valence-corrected chi connectivity index (χ0v) is 6.51. The molecule has 2 aliphatic rings. The van der Waals surface area contributed by atoms with Crippen LogP contribution in [0, 0.1) is 0 Å². The van der Waals surface area contributed by atoms with E-state index in [1.54, 1.807) is 6.20 Å². The average Bonchev–Trinajstić information content (AvgIpc) is 2.30. The lowest BCUT2D eigenvalue weighted by atomic mass is 10.1. The Hall–Kier alpha value is -1.54. The minimum atomic E-state index is 0.808. The zero-order chi connectivity index (χ0) is 8.39. The van der Waals surface area contributed by atoms with Gasteiger partial charge >= 0.3 is 0 Å². The summed E-state index contributed by atoms with van der Waals surface area (Å²) in [4.78, 5) is 0. The lowest BCUT2D eigenvalue weighted by molar-refractivity contribution is -0.00142. The Morgan fingerprint density at radius 1 is 1.00 bits per heavy atom. The maximum atomic E-state index is 9.40. The first-order chi connectivity index (χ1) is 5.88. The van der Waals surface area contributed by atoms with Gasteiger partial charge in [-0.2, -0.15) is 0 Å². The highest BCUT2D eigenvalue weighted by molar-refractivity contribution is 5.47. The summed E-state index contributed by atoms with van der Waals surface area (Å²) in [6.07, 6.45) is 15.0. The zero-order valence-electron chi connectivity index (χ0n) is 6.51. The van der Waals surface area contributed by atoms with Crippen LogP contribution < -0.4 is 0 Å². The molecule has 12 heavy (non-hydrogen) atoms. The average molecular weight is 159 g/mol. The maximum absolute atomic E-state index is 9.40. The molecular weight excluding hydrogens is 150 g/mol. The van der Waals surface area contributed by atoms with E-state index < -0.39 is 0 Å². The Morgan fingerprint density at radius 2 is 1.92 bits per heavy atom. The summed E-state index contributed by atoms with van der Waals surface area (Å²) in [5, 5.41) is 10.5. The summed E-state index contributed by atoms with van der Waals surface area (Å²) in [6, 6.07) is 0. The Kier molecular flexibility index (Phi) is 1.68. The molecule has 2 heteroatoms. The minimum absolute atomic E-state index is 0.808. The van der Waals surface area contributed by atoms with Gasteiger partial charge < -0.3 is 0 Å². The van der Waals surface area contributed by atoms with Crippen molar-refractivity contribution in [3.63, 3.8) is 0 Å². The standard InChI is InChI=1S/C10H9NO/c12-11-8-4-6-9-5-2-1-3-7-10(9)11/h1-8,12H. The molecule has 0 fully saturated rings. The van der Waals surface area contributed by atoms with Gasteiger partial charge in [-0.3, -0.25) is 5.21 Å². The molecule has 0 saturated heterocycles. The van der Waals surface area contributed by atoms with E-state index >= 15 is 0 Å². The van der Waals surface area contributed by atoms with Gasteiger partial charge in [0.1, 0.15) is 0 Å². The van der Waals surface area contributed by atoms with Crippen molar-refractivity contribution in [1.82, 2.24) is 5.06 Å². The summed E-state index contributed by atoms with van der Waals surface area (Å²) in [7, 11) is 0. The number of hydrogen-bond acceptors (Lipinski definition) is 2. The quantitative estimate of drug-likeness (QED) is 0.585. The predicted molar refractivity (Wildman–Crippen MR) is 47.2 cm³/mol. The van der Waals surface area contributed by atoms with Crippen molar-refractivity contribution in [2.24, 2.45) is 0 Å². The molecule has 0 atom stereocenters. The normalized spacial score (nSPS) is 19.9. The molecule has 0 unspecified atom stereocenters. The van der Waals surface area contributed by atoms with Gasteiger partial charge in [0.05, 0.1) is 5.70 Å². The molecule has 2 nitrogen and oxygen atoms in total. The van der Waals surface area contributed by atoms with Gasteiger partial charge in [0, 0.05) is 11.8 Å². The van der Waals surface area contributed by atoms with Crippen LogP contribution in [0.1, 0.15) is 0 Å². The van der Waals surface area contributed by atoms with Gasteiger partial charge in [-0.15, -0.1) is 0 Å². The van der Waals surface area contributed by atoms with Gasteiger partial charge in [-0.05, 0) is 12.2 Å². The number of nitrogens with zero attached hydrogens (tertiary/aromatic N) is 1. The van der Waals surface area contributed by atoms with E-state index in [9.17, 15) is 5.21 Å². The summed E-state index contributed by atoms with van der Waals surface area (Å²) < 4.78 is 0. The van der Waals surface area contributed by atoms with E-state index in [1.165, 1.54) is 0 Å². The fraction of sp³-hybridized carbons (Fsp3) is 0. The number of allylic oxidation sites excluding steroid dienone is 7. The third-order valence-corrected chi connectivity index (χ3v) is 1.80. The smallest absolute Gasteiger partial charge is 0.0758 e. The third kappa shape index (κ3) is 1.12. The Balaban J connectivity index is 2.46. The lowest BCUT2D eigenvalue weighted by Crippen LogP contribution is -2.14. The van der Waals surface area contributed by atoms with Crippen LogP contribution in [0.2, 0.25) is 0 Å². The molecule has 0 spiro atoms. The van der Waals surface area contributed by atoms with Crippen LogP contribution in [0.25, 0.3) is 0 Å². The highest BCUT2D eigenvalue weighted by atomic mass is 16.5. The molecule has 0 saturated carbocycles.